The molecule has 112 valence electrons. The molecule has 0 aliphatic heterocycles. The molecule has 0 amide bonds. The molecule has 0 radical (unpaired) electrons. The molecule has 2 fully saturated rings. The Kier molecular flexibility index (Phi) is 3.21. The van der Waals surface area contributed by atoms with Gasteiger partial charge in [-0.1, -0.05) is 0 Å². The van der Waals surface area contributed by atoms with E-state index in [1.165, 1.54) is 25.7 Å². The molecule has 0 saturated heterocycles. The lowest BCUT2D eigenvalue weighted by Crippen LogP contribution is -2.17. The average molecular weight is 307 g/mol. The van der Waals surface area contributed by atoms with Crippen molar-refractivity contribution in [1.29, 1.82) is 0 Å². The number of rotatable bonds is 5. The van der Waals surface area contributed by atoms with E-state index in [4.69, 9.17) is 11.6 Å². The largest absolute Gasteiger partial charge is 0.324 e. The van der Waals surface area contributed by atoms with Gasteiger partial charge in [0.15, 0.2) is 0 Å². The van der Waals surface area contributed by atoms with E-state index in [1.807, 2.05) is 13.0 Å². The molecule has 1 heterocycles. The molecule has 21 heavy (non-hydrogen) atoms. The van der Waals surface area contributed by atoms with E-state index in [-0.39, 0.29) is 5.82 Å². The summed E-state index contributed by atoms with van der Waals surface area (Å²) in [5, 5.41) is 0. The first kappa shape index (κ1) is 13.6. The number of aromatic nitrogens is 2. The van der Waals surface area contributed by atoms with Crippen LogP contribution in [-0.4, -0.2) is 15.4 Å². The average Bonchev–Trinajstić information content (AvgIpc) is 3.34. The van der Waals surface area contributed by atoms with Gasteiger partial charge in [0.25, 0.3) is 0 Å². The number of imidazole rings is 1. The van der Waals surface area contributed by atoms with Gasteiger partial charge in [-0.15, -0.1) is 11.6 Å². The van der Waals surface area contributed by atoms with Gasteiger partial charge in [0.05, 0.1) is 11.0 Å². The molecular weight excluding hydrogens is 287 g/mol. The summed E-state index contributed by atoms with van der Waals surface area (Å²) in [6.07, 6.45) is 6.04. The van der Waals surface area contributed by atoms with Crippen LogP contribution in [0, 0.1) is 24.6 Å². The third-order valence-electron chi connectivity index (χ3n) is 4.87. The molecule has 2 nitrogen and oxygen atoms in total. The minimum atomic E-state index is -0.168. The standard InChI is InChI=1S/C17H20ClFN2/c1-10-8-15-14(9-13(10)19)20-16(6-7-18)21(15)17(11-2-3-11)12-4-5-12/h8-9,11-12,17H,2-7H2,1H3. The highest BCUT2D eigenvalue weighted by molar-refractivity contribution is 6.17. The van der Waals surface area contributed by atoms with Crippen molar-refractivity contribution in [2.24, 2.45) is 11.8 Å². The maximum Gasteiger partial charge on any atom is 0.128 e. The van der Waals surface area contributed by atoms with Crippen molar-refractivity contribution in [1.82, 2.24) is 9.55 Å². The number of halogens is 2. The van der Waals surface area contributed by atoms with Crippen LogP contribution in [0.25, 0.3) is 11.0 Å². The first-order valence-corrected chi connectivity index (χ1v) is 8.45. The second-order valence-electron chi connectivity index (χ2n) is 6.59. The van der Waals surface area contributed by atoms with Gasteiger partial charge >= 0.3 is 0 Å². The highest BCUT2D eigenvalue weighted by atomic mass is 35.5. The number of hydrogen-bond donors (Lipinski definition) is 0. The van der Waals surface area contributed by atoms with Gasteiger partial charge in [-0.05, 0) is 56.1 Å². The number of fused-ring (bicyclic) bond motifs is 1. The highest BCUT2D eigenvalue weighted by Gasteiger charge is 2.43. The third-order valence-corrected chi connectivity index (χ3v) is 5.06. The SMILES string of the molecule is Cc1cc2c(cc1F)nc(CCCl)n2C(C1CC1)C1CC1. The predicted octanol–water partition coefficient (Wildman–Crippen LogP) is 4.63. The molecule has 2 aromatic rings. The second-order valence-corrected chi connectivity index (χ2v) is 6.97. The summed E-state index contributed by atoms with van der Waals surface area (Å²) in [6.45, 7) is 1.83. The molecule has 0 atom stereocenters. The zero-order valence-electron chi connectivity index (χ0n) is 12.3. The topological polar surface area (TPSA) is 17.8 Å². The fourth-order valence-corrected chi connectivity index (χ4v) is 3.71. The Hall–Kier alpha value is -1.09. The lowest BCUT2D eigenvalue weighted by atomic mass is 10.1. The van der Waals surface area contributed by atoms with Crippen LogP contribution in [0.15, 0.2) is 12.1 Å². The summed E-state index contributed by atoms with van der Waals surface area (Å²) < 4.78 is 16.2. The van der Waals surface area contributed by atoms with Gasteiger partial charge in [0.2, 0.25) is 0 Å². The summed E-state index contributed by atoms with van der Waals surface area (Å²) in [7, 11) is 0. The Morgan fingerprint density at radius 2 is 1.95 bits per heavy atom. The van der Waals surface area contributed by atoms with Crippen molar-refractivity contribution in [3.05, 3.63) is 29.3 Å². The van der Waals surface area contributed by atoms with E-state index in [0.717, 1.165) is 35.1 Å². The van der Waals surface area contributed by atoms with Gasteiger partial charge in [-0.25, -0.2) is 9.37 Å². The Morgan fingerprint density at radius 3 is 2.52 bits per heavy atom. The van der Waals surface area contributed by atoms with Crippen molar-refractivity contribution in [2.75, 3.05) is 5.88 Å². The van der Waals surface area contributed by atoms with E-state index in [9.17, 15) is 4.39 Å². The molecule has 1 aromatic carbocycles. The molecular formula is C17H20ClFN2. The smallest absolute Gasteiger partial charge is 0.128 e. The van der Waals surface area contributed by atoms with Gasteiger partial charge in [-0.3, -0.25) is 0 Å². The number of hydrogen-bond acceptors (Lipinski definition) is 1. The molecule has 0 N–H and O–H groups in total. The van der Waals surface area contributed by atoms with Crippen LogP contribution in [0.1, 0.15) is 43.1 Å². The number of aryl methyl sites for hydroxylation is 2. The van der Waals surface area contributed by atoms with Gasteiger partial charge < -0.3 is 4.57 Å². The second kappa shape index (κ2) is 4.98. The van der Waals surface area contributed by atoms with Crippen LogP contribution < -0.4 is 0 Å². The fourth-order valence-electron chi connectivity index (χ4n) is 3.55. The molecule has 0 unspecified atom stereocenters. The summed E-state index contributed by atoms with van der Waals surface area (Å²) in [5.41, 5.74) is 2.58. The lowest BCUT2D eigenvalue weighted by molar-refractivity contribution is 0.393. The zero-order chi connectivity index (χ0) is 14.6. The van der Waals surface area contributed by atoms with Gasteiger partial charge in [-0.2, -0.15) is 0 Å². The first-order valence-electron chi connectivity index (χ1n) is 7.92. The Labute approximate surface area is 129 Å². The van der Waals surface area contributed by atoms with Crippen molar-refractivity contribution in [3.63, 3.8) is 0 Å². The molecule has 2 aliphatic carbocycles. The normalized spacial score (nSPS) is 18.9. The summed E-state index contributed by atoms with van der Waals surface area (Å²) in [4.78, 5) is 4.68. The van der Waals surface area contributed by atoms with Crippen LogP contribution in [0.3, 0.4) is 0 Å². The van der Waals surface area contributed by atoms with E-state index < -0.39 is 0 Å². The van der Waals surface area contributed by atoms with Crippen molar-refractivity contribution in [2.45, 2.75) is 45.1 Å². The maximum absolute atomic E-state index is 13.8. The predicted molar refractivity (Wildman–Crippen MR) is 83.3 cm³/mol. The highest BCUT2D eigenvalue weighted by Crippen LogP contribution is 2.53. The lowest BCUT2D eigenvalue weighted by Gasteiger charge is -2.21. The Morgan fingerprint density at radius 1 is 1.29 bits per heavy atom. The van der Waals surface area contributed by atoms with E-state index in [2.05, 4.69) is 9.55 Å². The Balaban J connectivity index is 1.90. The van der Waals surface area contributed by atoms with Crippen LogP contribution in [-0.2, 0) is 6.42 Å². The molecule has 1 aromatic heterocycles. The number of alkyl halides is 1. The molecule has 4 heteroatoms. The number of benzene rings is 1. The molecule has 0 bridgehead atoms. The minimum absolute atomic E-state index is 0.168. The van der Waals surface area contributed by atoms with E-state index in [0.29, 0.717) is 17.5 Å². The minimum Gasteiger partial charge on any atom is -0.324 e. The van der Waals surface area contributed by atoms with Crippen molar-refractivity contribution in [3.8, 4) is 0 Å². The van der Waals surface area contributed by atoms with E-state index in [1.54, 1.807) is 6.07 Å². The third kappa shape index (κ3) is 2.36. The molecule has 2 aliphatic rings. The van der Waals surface area contributed by atoms with E-state index >= 15 is 0 Å². The monoisotopic (exact) mass is 306 g/mol. The quantitative estimate of drug-likeness (QED) is 0.737. The van der Waals surface area contributed by atoms with Crippen molar-refractivity contribution < 1.29 is 4.39 Å². The van der Waals surface area contributed by atoms with Crippen LogP contribution in [0.5, 0.6) is 0 Å². The number of nitrogens with zero attached hydrogens (tertiary/aromatic N) is 2. The van der Waals surface area contributed by atoms with Crippen LogP contribution in [0.4, 0.5) is 4.39 Å². The Bertz CT molecular complexity index is 674. The summed E-state index contributed by atoms with van der Waals surface area (Å²) in [6, 6.07) is 4.10. The van der Waals surface area contributed by atoms with Crippen LogP contribution in [0.2, 0.25) is 0 Å². The van der Waals surface area contributed by atoms with Crippen molar-refractivity contribution >= 4 is 22.6 Å². The maximum atomic E-state index is 13.8. The zero-order valence-corrected chi connectivity index (χ0v) is 13.0. The van der Waals surface area contributed by atoms with Gasteiger partial charge in [0.1, 0.15) is 11.6 Å². The molecule has 0 spiro atoms. The van der Waals surface area contributed by atoms with Crippen LogP contribution >= 0.6 is 11.6 Å². The summed E-state index contributed by atoms with van der Waals surface area (Å²) in [5.74, 6) is 3.00. The molecule has 2 saturated carbocycles. The molecule has 4 rings (SSSR count). The first-order chi connectivity index (χ1) is 10.2. The summed E-state index contributed by atoms with van der Waals surface area (Å²) >= 11 is 5.97. The fraction of sp³-hybridized carbons (Fsp3) is 0.588. The van der Waals surface area contributed by atoms with Gasteiger partial charge in [0, 0.05) is 24.4 Å².